The van der Waals surface area contributed by atoms with Gasteiger partial charge in [0.2, 0.25) is 0 Å². The van der Waals surface area contributed by atoms with E-state index in [1.807, 2.05) is 27.7 Å². The normalized spacial score (nSPS) is 17.6. The van der Waals surface area contributed by atoms with Crippen LogP contribution in [0.1, 0.15) is 40.5 Å². The number of quaternary nitrogens is 1. The van der Waals surface area contributed by atoms with E-state index < -0.39 is 79.1 Å². The van der Waals surface area contributed by atoms with Crippen LogP contribution < -0.4 is 15.7 Å². The molecule has 1 aliphatic heterocycles. The number of nitrogens with one attached hydrogen (secondary N) is 2. The van der Waals surface area contributed by atoms with Gasteiger partial charge in [0.1, 0.15) is 12.6 Å². The van der Waals surface area contributed by atoms with E-state index in [-0.39, 0.29) is 56.9 Å². The summed E-state index contributed by atoms with van der Waals surface area (Å²) in [7, 11) is 0. The van der Waals surface area contributed by atoms with Crippen LogP contribution in [0.5, 0.6) is 0 Å². The molecule has 0 aromatic heterocycles. The Hall–Kier alpha value is -3.38. The molecule has 6 N–H and O–H groups in total. The molecule has 1 aliphatic rings. The SMILES string of the molecule is CC1(C)CC(OC(=O)CN(CCN(CC[N+](CCNCC(=O)O)(CC(=O)[O-])CC(=O)O)CC(=O)O)CC(=O)O)CC(C)(C)N1. The summed E-state index contributed by atoms with van der Waals surface area (Å²) in [6.45, 7) is 4.26. The number of carbonyl (C=O) groups excluding carboxylic acids is 2. The number of ether oxygens (including phenoxy) is 1. The van der Waals surface area contributed by atoms with Gasteiger partial charge in [0, 0.05) is 50.1 Å². The van der Waals surface area contributed by atoms with Crippen molar-refractivity contribution in [1.82, 2.24) is 20.4 Å². The maximum Gasteiger partial charge on any atom is 0.359 e. The molecule has 252 valence electrons. The molecule has 0 aromatic rings. The molecule has 44 heavy (non-hydrogen) atoms. The van der Waals surface area contributed by atoms with E-state index in [9.17, 15) is 49.2 Å². The standard InChI is InChI=1S/C27H47N5O12/c1-26(2)11-19(12-27(3,4)29-26)44-25(43)16-31(15-22(37)38)7-6-30(14-21(35)36)8-10-32(17-23(39)40,18-24(41)42)9-5-28-13-20(33)34/h19,28-29H,5-18H2,1-4H3,(H4-,33,34,35,36,37,38,39,40,41,42). The molecule has 1 rings (SSSR count). The zero-order valence-corrected chi connectivity index (χ0v) is 25.9. The molecule has 0 spiro atoms. The molecule has 0 amide bonds. The van der Waals surface area contributed by atoms with E-state index in [2.05, 4.69) is 10.6 Å². The maximum atomic E-state index is 12.8. The van der Waals surface area contributed by atoms with Gasteiger partial charge in [-0.3, -0.25) is 29.0 Å². The van der Waals surface area contributed by atoms with Crippen molar-refractivity contribution in [2.24, 2.45) is 0 Å². The molecule has 17 nitrogen and oxygen atoms in total. The minimum atomic E-state index is -1.54. The molecule has 0 bridgehead atoms. The van der Waals surface area contributed by atoms with Gasteiger partial charge in [0.05, 0.1) is 45.2 Å². The van der Waals surface area contributed by atoms with Gasteiger partial charge in [-0.25, -0.2) is 4.79 Å². The van der Waals surface area contributed by atoms with E-state index in [1.54, 1.807) is 0 Å². The number of hydrogen-bond donors (Lipinski definition) is 6. The second kappa shape index (κ2) is 17.2. The lowest BCUT2D eigenvalue weighted by atomic mass is 9.81. The van der Waals surface area contributed by atoms with Crippen LogP contribution in [0.25, 0.3) is 0 Å². The van der Waals surface area contributed by atoms with Crippen LogP contribution in [-0.2, 0) is 33.5 Å². The van der Waals surface area contributed by atoms with Gasteiger partial charge < -0.3 is 50.2 Å². The van der Waals surface area contributed by atoms with Gasteiger partial charge in [0.15, 0.2) is 6.54 Å². The third-order valence-electron chi connectivity index (χ3n) is 7.12. The van der Waals surface area contributed by atoms with Crippen LogP contribution in [0.2, 0.25) is 0 Å². The zero-order valence-electron chi connectivity index (χ0n) is 25.9. The molecule has 0 aliphatic carbocycles. The number of esters is 1. The van der Waals surface area contributed by atoms with Crippen LogP contribution in [0.15, 0.2) is 0 Å². The Morgan fingerprint density at radius 1 is 0.795 bits per heavy atom. The second-order valence-corrected chi connectivity index (χ2v) is 12.6. The third-order valence-corrected chi connectivity index (χ3v) is 7.12. The Kier molecular flexibility index (Phi) is 15.1. The van der Waals surface area contributed by atoms with Gasteiger partial charge in [-0.15, -0.1) is 0 Å². The second-order valence-electron chi connectivity index (χ2n) is 12.6. The Morgan fingerprint density at radius 3 is 1.84 bits per heavy atom. The van der Waals surface area contributed by atoms with Crippen molar-refractivity contribution in [2.45, 2.75) is 57.7 Å². The summed E-state index contributed by atoms with van der Waals surface area (Å²) >= 11 is 0. The van der Waals surface area contributed by atoms with Crippen LogP contribution in [0.3, 0.4) is 0 Å². The number of nitrogens with zero attached hydrogens (tertiary/aromatic N) is 3. The minimum Gasteiger partial charge on any atom is -0.544 e. The summed E-state index contributed by atoms with van der Waals surface area (Å²) in [4.78, 5) is 72.6. The topological polar surface area (TPSA) is 246 Å². The quantitative estimate of drug-likeness (QED) is 0.0393. The van der Waals surface area contributed by atoms with Crippen LogP contribution in [-0.4, -0.2) is 166 Å². The summed E-state index contributed by atoms with van der Waals surface area (Å²) in [6, 6.07) is 0. The molecule has 17 heteroatoms. The van der Waals surface area contributed by atoms with Crippen molar-refractivity contribution in [3.63, 3.8) is 0 Å². The highest BCUT2D eigenvalue weighted by molar-refractivity contribution is 5.74. The lowest BCUT2D eigenvalue weighted by Crippen LogP contribution is -2.61. The number of piperidine rings is 1. The Bertz CT molecular complexity index is 1000. The summed E-state index contributed by atoms with van der Waals surface area (Å²) in [5, 5.41) is 54.8. The fourth-order valence-electron chi connectivity index (χ4n) is 5.78. The summed E-state index contributed by atoms with van der Waals surface area (Å²) in [5.41, 5.74) is -0.579. The molecule has 1 atom stereocenters. The first-order valence-electron chi connectivity index (χ1n) is 14.3. The van der Waals surface area contributed by atoms with E-state index >= 15 is 0 Å². The summed E-state index contributed by atoms with van der Waals surface area (Å²) in [5.74, 6) is -7.10. The monoisotopic (exact) mass is 633 g/mol. The highest BCUT2D eigenvalue weighted by Gasteiger charge is 2.39. The molecule has 0 radical (unpaired) electrons. The van der Waals surface area contributed by atoms with E-state index in [1.165, 1.54) is 9.80 Å². The van der Waals surface area contributed by atoms with Crippen LogP contribution in [0, 0.1) is 0 Å². The molecule has 0 aromatic carbocycles. The fourth-order valence-corrected chi connectivity index (χ4v) is 5.78. The smallest absolute Gasteiger partial charge is 0.359 e. The number of carboxylic acid groups (broad SMARTS) is 5. The minimum absolute atomic E-state index is 0.0360. The number of rotatable bonds is 22. The Balaban J connectivity index is 2.99. The third kappa shape index (κ3) is 16.5. The Labute approximate surface area is 256 Å². The van der Waals surface area contributed by atoms with E-state index in [0.29, 0.717) is 12.8 Å². The Morgan fingerprint density at radius 2 is 1.34 bits per heavy atom. The van der Waals surface area contributed by atoms with E-state index in [0.717, 1.165) is 0 Å². The van der Waals surface area contributed by atoms with Crippen LogP contribution in [0.4, 0.5) is 0 Å². The van der Waals surface area contributed by atoms with Crippen molar-refractivity contribution in [1.29, 1.82) is 0 Å². The van der Waals surface area contributed by atoms with Gasteiger partial charge in [-0.2, -0.15) is 0 Å². The van der Waals surface area contributed by atoms with Gasteiger partial charge in [0.25, 0.3) is 0 Å². The lowest BCUT2D eigenvalue weighted by Gasteiger charge is -2.46. The molecular weight excluding hydrogens is 586 g/mol. The fraction of sp³-hybridized carbons (Fsp3) is 0.778. The first-order chi connectivity index (χ1) is 20.2. The van der Waals surface area contributed by atoms with Crippen LogP contribution >= 0.6 is 0 Å². The zero-order chi connectivity index (χ0) is 33.7. The first kappa shape index (κ1) is 38.6. The number of carbonyl (C=O) groups is 6. The summed E-state index contributed by atoms with van der Waals surface area (Å²) in [6.07, 6.45) is 0.723. The molecule has 1 heterocycles. The van der Waals surface area contributed by atoms with Crippen molar-refractivity contribution < 1.29 is 63.5 Å². The molecule has 0 saturated carbocycles. The average molecular weight is 634 g/mol. The highest BCUT2D eigenvalue weighted by Crippen LogP contribution is 2.30. The van der Waals surface area contributed by atoms with Crippen molar-refractivity contribution in [3.8, 4) is 0 Å². The van der Waals surface area contributed by atoms with Crippen molar-refractivity contribution in [3.05, 3.63) is 0 Å². The van der Waals surface area contributed by atoms with Gasteiger partial charge >= 0.3 is 29.8 Å². The van der Waals surface area contributed by atoms with Crippen molar-refractivity contribution >= 4 is 35.8 Å². The molecular formula is C27H47N5O12. The number of aliphatic carboxylic acids is 5. The predicted octanol–water partition coefficient (Wildman–Crippen LogP) is -3.06. The summed E-state index contributed by atoms with van der Waals surface area (Å²) < 4.78 is 5.13. The molecule has 1 unspecified atom stereocenters. The first-order valence-corrected chi connectivity index (χ1v) is 14.3. The van der Waals surface area contributed by atoms with Gasteiger partial charge in [-0.05, 0) is 27.7 Å². The molecule has 1 saturated heterocycles. The lowest BCUT2D eigenvalue weighted by molar-refractivity contribution is -0.914. The van der Waals surface area contributed by atoms with Gasteiger partial charge in [-0.1, -0.05) is 0 Å². The predicted molar refractivity (Wildman–Crippen MR) is 151 cm³/mol. The average Bonchev–Trinajstić information content (AvgIpc) is 2.79. The number of carboxylic acids is 5. The van der Waals surface area contributed by atoms with Crippen molar-refractivity contribution in [2.75, 3.05) is 78.5 Å². The molecule has 1 fully saturated rings. The highest BCUT2D eigenvalue weighted by atomic mass is 16.5. The number of hydrogen-bond acceptors (Lipinski definition) is 12. The maximum absolute atomic E-state index is 12.8. The largest absolute Gasteiger partial charge is 0.544 e. The van der Waals surface area contributed by atoms with E-state index in [4.69, 9.17) is 9.84 Å².